The SMILES string of the molecule is C=C1CC[C@]2(C)C[C@H]1[C@H](C)CC2=O. The topological polar surface area (TPSA) is 17.1 Å². The van der Waals surface area contributed by atoms with Crippen molar-refractivity contribution in [2.24, 2.45) is 17.3 Å². The highest BCUT2D eigenvalue weighted by Crippen LogP contribution is 2.50. The number of fused-ring (bicyclic) bond motifs is 2. The maximum atomic E-state index is 11.8. The highest BCUT2D eigenvalue weighted by Gasteiger charge is 2.45. The molecule has 2 bridgehead atoms. The van der Waals surface area contributed by atoms with Gasteiger partial charge in [-0.1, -0.05) is 26.0 Å². The van der Waals surface area contributed by atoms with E-state index in [-0.39, 0.29) is 5.41 Å². The fourth-order valence-corrected chi connectivity index (χ4v) is 2.89. The van der Waals surface area contributed by atoms with Crippen molar-refractivity contribution < 1.29 is 4.79 Å². The van der Waals surface area contributed by atoms with Crippen LogP contribution in [0.25, 0.3) is 0 Å². The van der Waals surface area contributed by atoms with Gasteiger partial charge in [0.1, 0.15) is 5.78 Å². The van der Waals surface area contributed by atoms with E-state index in [1.54, 1.807) is 0 Å². The first-order chi connectivity index (χ1) is 6.03. The van der Waals surface area contributed by atoms with Crippen LogP contribution in [0.5, 0.6) is 0 Å². The summed E-state index contributed by atoms with van der Waals surface area (Å²) in [6.07, 6.45) is 3.94. The number of ketones is 1. The molecule has 2 aliphatic rings. The Kier molecular flexibility index (Phi) is 1.86. The molecule has 0 amide bonds. The van der Waals surface area contributed by atoms with Crippen molar-refractivity contribution in [2.75, 3.05) is 0 Å². The smallest absolute Gasteiger partial charge is 0.139 e. The normalized spacial score (nSPS) is 45.1. The van der Waals surface area contributed by atoms with E-state index < -0.39 is 0 Å². The first-order valence-corrected chi connectivity index (χ1v) is 5.24. The van der Waals surface area contributed by atoms with Crippen LogP contribution in [0.1, 0.15) is 39.5 Å². The fraction of sp³-hybridized carbons (Fsp3) is 0.750. The molecule has 0 aromatic rings. The van der Waals surface area contributed by atoms with E-state index in [9.17, 15) is 4.79 Å². The second-order valence-corrected chi connectivity index (χ2v) is 5.13. The van der Waals surface area contributed by atoms with E-state index in [1.165, 1.54) is 5.57 Å². The molecule has 2 saturated carbocycles. The van der Waals surface area contributed by atoms with Crippen LogP contribution >= 0.6 is 0 Å². The highest BCUT2D eigenvalue weighted by molar-refractivity contribution is 5.86. The maximum Gasteiger partial charge on any atom is 0.139 e. The molecule has 0 radical (unpaired) electrons. The third-order valence-corrected chi connectivity index (χ3v) is 4.06. The van der Waals surface area contributed by atoms with Crippen molar-refractivity contribution in [3.8, 4) is 0 Å². The van der Waals surface area contributed by atoms with E-state index in [2.05, 4.69) is 20.4 Å². The summed E-state index contributed by atoms with van der Waals surface area (Å²) in [5.41, 5.74) is 1.38. The Morgan fingerprint density at radius 3 is 2.92 bits per heavy atom. The Morgan fingerprint density at radius 2 is 2.23 bits per heavy atom. The number of carbonyl (C=O) groups is 1. The van der Waals surface area contributed by atoms with Gasteiger partial charge >= 0.3 is 0 Å². The zero-order valence-corrected chi connectivity index (χ0v) is 8.60. The Balaban J connectivity index is 2.29. The minimum Gasteiger partial charge on any atom is -0.299 e. The second-order valence-electron chi connectivity index (χ2n) is 5.13. The van der Waals surface area contributed by atoms with Gasteiger partial charge in [0.05, 0.1) is 0 Å². The van der Waals surface area contributed by atoms with Gasteiger partial charge in [0.25, 0.3) is 0 Å². The van der Waals surface area contributed by atoms with Gasteiger partial charge in [-0.05, 0) is 31.1 Å². The molecule has 13 heavy (non-hydrogen) atoms. The average Bonchev–Trinajstić information content (AvgIpc) is 2.07. The van der Waals surface area contributed by atoms with Crippen LogP contribution in [0.4, 0.5) is 0 Å². The van der Waals surface area contributed by atoms with Crippen molar-refractivity contribution in [3.63, 3.8) is 0 Å². The third kappa shape index (κ3) is 1.25. The zero-order valence-electron chi connectivity index (χ0n) is 8.60. The summed E-state index contributed by atoms with van der Waals surface area (Å²) in [4.78, 5) is 11.8. The molecule has 0 heterocycles. The summed E-state index contributed by atoms with van der Waals surface area (Å²) < 4.78 is 0. The van der Waals surface area contributed by atoms with Crippen molar-refractivity contribution in [1.29, 1.82) is 0 Å². The lowest BCUT2D eigenvalue weighted by atomic mass is 9.58. The predicted molar refractivity (Wildman–Crippen MR) is 53.4 cm³/mol. The molecule has 3 atom stereocenters. The largest absolute Gasteiger partial charge is 0.299 e. The molecule has 1 heteroatoms. The van der Waals surface area contributed by atoms with Crippen LogP contribution in [0, 0.1) is 17.3 Å². The van der Waals surface area contributed by atoms with Crippen LogP contribution in [0.3, 0.4) is 0 Å². The molecule has 0 N–H and O–H groups in total. The van der Waals surface area contributed by atoms with Crippen LogP contribution in [0.2, 0.25) is 0 Å². The molecule has 0 aromatic heterocycles. The number of allylic oxidation sites excluding steroid dienone is 1. The monoisotopic (exact) mass is 178 g/mol. The Bertz CT molecular complexity index is 266. The quantitative estimate of drug-likeness (QED) is 0.521. The summed E-state index contributed by atoms with van der Waals surface area (Å²) in [6, 6.07) is 0. The van der Waals surface area contributed by atoms with Crippen molar-refractivity contribution in [2.45, 2.75) is 39.5 Å². The van der Waals surface area contributed by atoms with Crippen LogP contribution < -0.4 is 0 Å². The van der Waals surface area contributed by atoms with Gasteiger partial charge in [0.2, 0.25) is 0 Å². The van der Waals surface area contributed by atoms with E-state index in [4.69, 9.17) is 0 Å². The molecule has 72 valence electrons. The minimum absolute atomic E-state index is 0.00162. The standard InChI is InChI=1S/C12H18O/c1-8-4-5-12(3)7-10(8)9(2)6-11(12)13/h9-10H,1,4-7H2,2-3H3/t9-,10-,12-/m1/s1. The molecule has 0 aromatic carbocycles. The Morgan fingerprint density at radius 1 is 1.54 bits per heavy atom. The first-order valence-electron chi connectivity index (χ1n) is 5.24. The van der Waals surface area contributed by atoms with Gasteiger partial charge in [-0.25, -0.2) is 0 Å². The minimum atomic E-state index is -0.00162. The predicted octanol–water partition coefficient (Wildman–Crippen LogP) is 2.96. The lowest BCUT2D eigenvalue weighted by molar-refractivity contribution is -0.135. The van der Waals surface area contributed by atoms with Gasteiger partial charge in [0, 0.05) is 11.8 Å². The second kappa shape index (κ2) is 2.70. The van der Waals surface area contributed by atoms with Crippen molar-refractivity contribution in [1.82, 2.24) is 0 Å². The molecule has 0 unspecified atom stereocenters. The summed E-state index contributed by atoms with van der Waals surface area (Å²) in [6.45, 7) is 8.46. The molecular formula is C12H18O. The lowest BCUT2D eigenvalue weighted by Crippen LogP contribution is -2.42. The number of rotatable bonds is 0. The van der Waals surface area contributed by atoms with E-state index in [0.29, 0.717) is 17.6 Å². The van der Waals surface area contributed by atoms with Gasteiger partial charge in [-0.3, -0.25) is 4.79 Å². The van der Waals surface area contributed by atoms with Gasteiger partial charge in [0.15, 0.2) is 0 Å². The third-order valence-electron chi connectivity index (χ3n) is 4.06. The molecule has 1 nitrogen and oxygen atoms in total. The van der Waals surface area contributed by atoms with Crippen LogP contribution in [0.15, 0.2) is 12.2 Å². The zero-order chi connectivity index (χ0) is 9.64. The van der Waals surface area contributed by atoms with Crippen molar-refractivity contribution in [3.05, 3.63) is 12.2 Å². The fourth-order valence-electron chi connectivity index (χ4n) is 2.89. The molecular weight excluding hydrogens is 160 g/mol. The summed E-state index contributed by atoms with van der Waals surface area (Å²) in [5.74, 6) is 1.65. The number of hydrogen-bond acceptors (Lipinski definition) is 1. The lowest BCUT2D eigenvalue weighted by Gasteiger charge is -2.45. The maximum absolute atomic E-state index is 11.8. The Hall–Kier alpha value is -0.590. The molecule has 2 rings (SSSR count). The molecule has 2 fully saturated rings. The average molecular weight is 178 g/mol. The van der Waals surface area contributed by atoms with Crippen LogP contribution in [-0.2, 0) is 4.79 Å². The Labute approximate surface area is 80.2 Å². The summed E-state index contributed by atoms with van der Waals surface area (Å²) in [5, 5.41) is 0. The number of Topliss-reactive ketones (excluding diaryl/α,β-unsaturated/α-hetero) is 1. The first kappa shape index (κ1) is 8.98. The van der Waals surface area contributed by atoms with E-state index >= 15 is 0 Å². The molecule has 0 aliphatic heterocycles. The molecule has 0 saturated heterocycles. The number of carbonyl (C=O) groups excluding carboxylic acids is 1. The molecule has 2 aliphatic carbocycles. The summed E-state index contributed by atoms with van der Waals surface area (Å²) >= 11 is 0. The number of hydrogen-bond donors (Lipinski definition) is 0. The van der Waals surface area contributed by atoms with Gasteiger partial charge in [-0.2, -0.15) is 0 Å². The van der Waals surface area contributed by atoms with Gasteiger partial charge in [-0.15, -0.1) is 0 Å². The summed E-state index contributed by atoms with van der Waals surface area (Å²) in [7, 11) is 0. The van der Waals surface area contributed by atoms with E-state index in [0.717, 1.165) is 25.7 Å². The van der Waals surface area contributed by atoms with Crippen LogP contribution in [-0.4, -0.2) is 5.78 Å². The molecule has 0 spiro atoms. The van der Waals surface area contributed by atoms with E-state index in [1.807, 2.05) is 0 Å². The van der Waals surface area contributed by atoms with Crippen molar-refractivity contribution >= 4 is 5.78 Å². The highest BCUT2D eigenvalue weighted by atomic mass is 16.1. The van der Waals surface area contributed by atoms with Gasteiger partial charge < -0.3 is 0 Å².